The molecular weight excluding hydrogens is 364 g/mol. The lowest BCUT2D eigenvalue weighted by Gasteiger charge is -2.34. The summed E-state index contributed by atoms with van der Waals surface area (Å²) in [6.07, 6.45) is 1.66. The second-order valence-electron chi connectivity index (χ2n) is 6.36. The first-order valence-corrected chi connectivity index (χ1v) is 9.75. The lowest BCUT2D eigenvalue weighted by molar-refractivity contribution is 0.0642. The maximum atomic E-state index is 12.4. The second kappa shape index (κ2) is 8.96. The van der Waals surface area contributed by atoms with Gasteiger partial charge in [-0.3, -0.25) is 14.5 Å². The predicted molar refractivity (Wildman–Crippen MR) is 105 cm³/mol. The summed E-state index contributed by atoms with van der Waals surface area (Å²) in [4.78, 5) is 33.6. The van der Waals surface area contributed by atoms with Crippen molar-refractivity contribution in [1.82, 2.24) is 20.1 Å². The van der Waals surface area contributed by atoms with E-state index in [-0.39, 0.29) is 11.8 Å². The van der Waals surface area contributed by atoms with E-state index < -0.39 is 0 Å². The van der Waals surface area contributed by atoms with Gasteiger partial charge in [-0.1, -0.05) is 0 Å². The van der Waals surface area contributed by atoms with Crippen molar-refractivity contribution in [3.63, 3.8) is 0 Å². The van der Waals surface area contributed by atoms with E-state index in [1.54, 1.807) is 37.6 Å². The number of carbonyl (C=O) groups is 2. The molecule has 0 spiro atoms. The summed E-state index contributed by atoms with van der Waals surface area (Å²) in [5, 5.41) is 3.84. The van der Waals surface area contributed by atoms with Gasteiger partial charge in [-0.25, -0.2) is 4.98 Å². The lowest BCUT2D eigenvalue weighted by atomic mass is 10.2. The molecule has 27 heavy (non-hydrogen) atoms. The summed E-state index contributed by atoms with van der Waals surface area (Å²) >= 11 is 1.44. The molecule has 0 atom stereocenters. The summed E-state index contributed by atoms with van der Waals surface area (Å²) in [7, 11) is 1.60. The van der Waals surface area contributed by atoms with Crippen LogP contribution in [0.5, 0.6) is 5.75 Å². The minimum absolute atomic E-state index is 0.0630. The number of piperazine rings is 1. The second-order valence-corrected chi connectivity index (χ2v) is 7.60. The predicted octanol–water partition coefficient (Wildman–Crippen LogP) is 1.65. The molecule has 0 bridgehead atoms. The average Bonchev–Trinajstić information content (AvgIpc) is 3.14. The van der Waals surface area contributed by atoms with Crippen molar-refractivity contribution in [1.29, 1.82) is 0 Å². The van der Waals surface area contributed by atoms with E-state index >= 15 is 0 Å². The fourth-order valence-electron chi connectivity index (χ4n) is 2.96. The number of ether oxygens (including phenoxy) is 1. The van der Waals surface area contributed by atoms with Crippen LogP contribution in [0.2, 0.25) is 0 Å². The van der Waals surface area contributed by atoms with Crippen LogP contribution in [0, 0.1) is 6.92 Å². The smallest absolute Gasteiger partial charge is 0.265 e. The molecule has 0 radical (unpaired) electrons. The van der Waals surface area contributed by atoms with Crippen molar-refractivity contribution >= 4 is 23.2 Å². The molecule has 0 aliphatic carbocycles. The van der Waals surface area contributed by atoms with Crippen molar-refractivity contribution in [2.45, 2.75) is 6.92 Å². The monoisotopic (exact) mass is 388 g/mol. The lowest BCUT2D eigenvalue weighted by Crippen LogP contribution is -2.50. The number of rotatable bonds is 6. The van der Waals surface area contributed by atoms with Gasteiger partial charge in [0.1, 0.15) is 10.6 Å². The quantitative estimate of drug-likeness (QED) is 0.814. The molecule has 1 aliphatic heterocycles. The highest BCUT2D eigenvalue weighted by Gasteiger charge is 2.23. The number of amides is 2. The van der Waals surface area contributed by atoms with Crippen LogP contribution in [-0.4, -0.2) is 73.0 Å². The van der Waals surface area contributed by atoms with Gasteiger partial charge in [-0.2, -0.15) is 0 Å². The van der Waals surface area contributed by atoms with Gasteiger partial charge in [-0.15, -0.1) is 11.3 Å². The van der Waals surface area contributed by atoms with E-state index in [4.69, 9.17) is 4.74 Å². The molecule has 0 unspecified atom stereocenters. The molecule has 7 nitrogen and oxygen atoms in total. The Balaban J connectivity index is 1.39. The summed E-state index contributed by atoms with van der Waals surface area (Å²) in [5.41, 5.74) is 0.617. The number of aromatic nitrogens is 1. The Morgan fingerprint density at radius 1 is 1.19 bits per heavy atom. The third-order valence-corrected chi connectivity index (χ3v) is 5.46. The maximum Gasteiger partial charge on any atom is 0.265 e. The fraction of sp³-hybridized carbons (Fsp3) is 0.421. The average molecular weight is 388 g/mol. The number of benzene rings is 1. The number of hydrogen-bond acceptors (Lipinski definition) is 6. The Morgan fingerprint density at radius 2 is 1.89 bits per heavy atom. The van der Waals surface area contributed by atoms with Crippen LogP contribution in [0.15, 0.2) is 30.5 Å². The van der Waals surface area contributed by atoms with Crippen molar-refractivity contribution in [3.05, 3.63) is 45.9 Å². The summed E-state index contributed by atoms with van der Waals surface area (Å²) in [6.45, 7) is 6.25. The highest BCUT2D eigenvalue weighted by atomic mass is 32.1. The van der Waals surface area contributed by atoms with Gasteiger partial charge in [0.05, 0.1) is 18.3 Å². The van der Waals surface area contributed by atoms with Crippen LogP contribution in [0.4, 0.5) is 0 Å². The van der Waals surface area contributed by atoms with Gasteiger partial charge < -0.3 is 15.0 Å². The summed E-state index contributed by atoms with van der Waals surface area (Å²) < 4.78 is 5.10. The first-order valence-electron chi connectivity index (χ1n) is 8.93. The highest BCUT2D eigenvalue weighted by molar-refractivity contribution is 7.13. The Bertz CT molecular complexity index is 783. The minimum Gasteiger partial charge on any atom is -0.497 e. The Morgan fingerprint density at radius 3 is 2.48 bits per heavy atom. The van der Waals surface area contributed by atoms with E-state index in [2.05, 4.69) is 15.2 Å². The molecule has 1 fully saturated rings. The zero-order valence-corrected chi connectivity index (χ0v) is 16.4. The van der Waals surface area contributed by atoms with Gasteiger partial charge in [0.2, 0.25) is 0 Å². The molecule has 1 aliphatic rings. The number of methoxy groups -OCH3 is 1. The van der Waals surface area contributed by atoms with Gasteiger partial charge in [0.25, 0.3) is 11.8 Å². The largest absolute Gasteiger partial charge is 0.497 e. The topological polar surface area (TPSA) is 74.8 Å². The van der Waals surface area contributed by atoms with Gasteiger partial charge in [-0.05, 0) is 31.2 Å². The van der Waals surface area contributed by atoms with Crippen LogP contribution in [0.25, 0.3) is 0 Å². The van der Waals surface area contributed by atoms with Crippen molar-refractivity contribution in [3.8, 4) is 5.75 Å². The van der Waals surface area contributed by atoms with Crippen LogP contribution in [0.1, 0.15) is 25.0 Å². The number of nitrogens with zero attached hydrogens (tertiary/aromatic N) is 3. The van der Waals surface area contributed by atoms with E-state index in [9.17, 15) is 9.59 Å². The first kappa shape index (κ1) is 19.3. The van der Waals surface area contributed by atoms with E-state index in [1.165, 1.54) is 11.3 Å². The van der Waals surface area contributed by atoms with Crippen LogP contribution in [0.3, 0.4) is 0 Å². The Kier molecular flexibility index (Phi) is 6.41. The number of nitrogens with one attached hydrogen (secondary N) is 1. The molecule has 2 amide bonds. The summed E-state index contributed by atoms with van der Waals surface area (Å²) in [5.74, 6) is 0.701. The van der Waals surface area contributed by atoms with Crippen molar-refractivity contribution in [2.75, 3.05) is 46.4 Å². The third-order valence-electron chi connectivity index (χ3n) is 4.56. The Hall–Kier alpha value is -2.45. The minimum atomic E-state index is -0.0907. The van der Waals surface area contributed by atoms with Crippen LogP contribution >= 0.6 is 11.3 Å². The van der Waals surface area contributed by atoms with Crippen molar-refractivity contribution < 1.29 is 14.3 Å². The number of hydrogen-bond donors (Lipinski definition) is 1. The molecule has 144 valence electrons. The molecule has 2 aromatic rings. The SMILES string of the molecule is COc1ccc(C(=O)NCCN2CCN(C(=O)c3cnc(C)s3)CC2)cc1. The zero-order valence-electron chi connectivity index (χ0n) is 15.6. The molecule has 3 rings (SSSR count). The van der Waals surface area contributed by atoms with Gasteiger partial charge in [0, 0.05) is 44.8 Å². The van der Waals surface area contributed by atoms with E-state index in [1.807, 2.05) is 11.8 Å². The number of aryl methyl sites for hydroxylation is 1. The fourth-order valence-corrected chi connectivity index (χ4v) is 3.71. The van der Waals surface area contributed by atoms with E-state index in [0.717, 1.165) is 30.4 Å². The molecule has 1 aromatic heterocycles. The molecule has 1 aromatic carbocycles. The van der Waals surface area contributed by atoms with Crippen molar-refractivity contribution in [2.24, 2.45) is 0 Å². The zero-order chi connectivity index (χ0) is 19.2. The number of carbonyl (C=O) groups excluding carboxylic acids is 2. The molecule has 1 N–H and O–H groups in total. The highest BCUT2D eigenvalue weighted by Crippen LogP contribution is 2.15. The number of thiazole rings is 1. The van der Waals surface area contributed by atoms with Gasteiger partial charge in [0.15, 0.2) is 0 Å². The molecule has 0 saturated carbocycles. The van der Waals surface area contributed by atoms with Crippen LogP contribution < -0.4 is 10.1 Å². The standard InChI is InChI=1S/C19H24N4O3S/c1-14-21-13-17(27-14)19(25)23-11-9-22(10-12-23)8-7-20-18(24)15-3-5-16(26-2)6-4-15/h3-6,13H,7-12H2,1-2H3,(H,20,24). The first-order chi connectivity index (χ1) is 13.1. The van der Waals surface area contributed by atoms with E-state index in [0.29, 0.717) is 30.1 Å². The Labute approximate surface area is 162 Å². The van der Waals surface area contributed by atoms with Gasteiger partial charge >= 0.3 is 0 Å². The maximum absolute atomic E-state index is 12.4. The molecular formula is C19H24N4O3S. The normalized spacial score (nSPS) is 14.8. The third kappa shape index (κ3) is 5.05. The van der Waals surface area contributed by atoms with Crippen LogP contribution in [-0.2, 0) is 0 Å². The molecule has 1 saturated heterocycles. The molecule has 8 heteroatoms. The molecule has 2 heterocycles. The summed E-state index contributed by atoms with van der Waals surface area (Å²) in [6, 6.07) is 7.05.